The van der Waals surface area contributed by atoms with Crippen molar-refractivity contribution in [3.8, 4) is 11.1 Å². The lowest BCUT2D eigenvalue weighted by molar-refractivity contribution is -0.121. The Morgan fingerprint density at radius 1 is 1.08 bits per heavy atom. The van der Waals surface area contributed by atoms with Gasteiger partial charge >= 0.3 is 0 Å². The van der Waals surface area contributed by atoms with E-state index in [-0.39, 0.29) is 23.7 Å². The standard InChI is InChI=1S/C30H32ClN3O5/c1-18-12-20-5-8-22(31)13-25(20)26-15-28(35)34(16-21(26)17-39-18)27(14-24-4-2-3-11-38-24)30(37)33-23-9-6-19(7-10-23)29(32)36/h5-10,13,15-16,18,24,27H,2-4,11-12,14,17H2,1H3,(H2,32,36)(H,33,37)/t18?,24-,27?/m0/s1. The lowest BCUT2D eigenvalue weighted by atomic mass is 9.92. The van der Waals surface area contributed by atoms with Crippen molar-refractivity contribution in [2.24, 2.45) is 5.73 Å². The molecule has 0 bridgehead atoms. The molecule has 3 atom stereocenters. The molecule has 2 amide bonds. The van der Waals surface area contributed by atoms with Crippen LogP contribution in [0.15, 0.2) is 59.5 Å². The molecule has 0 aliphatic carbocycles. The van der Waals surface area contributed by atoms with Gasteiger partial charge in [0.1, 0.15) is 6.04 Å². The number of hydrogen-bond donors (Lipinski definition) is 2. The number of rotatable bonds is 6. The van der Waals surface area contributed by atoms with E-state index in [9.17, 15) is 14.4 Å². The number of ether oxygens (including phenoxy) is 2. The topological polar surface area (TPSA) is 113 Å². The van der Waals surface area contributed by atoms with Crippen molar-refractivity contribution >= 4 is 29.1 Å². The average Bonchev–Trinajstić information content (AvgIpc) is 2.92. The summed E-state index contributed by atoms with van der Waals surface area (Å²) in [5.74, 6) is -0.895. The fourth-order valence-electron chi connectivity index (χ4n) is 5.31. The zero-order valence-electron chi connectivity index (χ0n) is 21.8. The van der Waals surface area contributed by atoms with Crippen LogP contribution in [0.1, 0.15) is 60.1 Å². The summed E-state index contributed by atoms with van der Waals surface area (Å²) in [4.78, 5) is 38.7. The van der Waals surface area contributed by atoms with E-state index in [4.69, 9.17) is 26.8 Å². The zero-order chi connectivity index (χ0) is 27.5. The minimum Gasteiger partial charge on any atom is -0.378 e. The molecule has 1 aromatic heterocycles. The molecule has 2 aromatic carbocycles. The van der Waals surface area contributed by atoms with Gasteiger partial charge in [0.2, 0.25) is 11.8 Å². The molecule has 8 nitrogen and oxygen atoms in total. The van der Waals surface area contributed by atoms with Gasteiger partial charge in [-0.3, -0.25) is 14.4 Å². The van der Waals surface area contributed by atoms with Gasteiger partial charge < -0.3 is 25.1 Å². The van der Waals surface area contributed by atoms with E-state index in [1.807, 2.05) is 25.1 Å². The Hall–Kier alpha value is -3.46. The molecule has 1 saturated heterocycles. The molecule has 0 saturated carbocycles. The van der Waals surface area contributed by atoms with Crippen molar-refractivity contribution in [2.45, 2.75) is 63.9 Å². The molecule has 5 rings (SSSR count). The highest BCUT2D eigenvalue weighted by Crippen LogP contribution is 2.33. The lowest BCUT2D eigenvalue weighted by Gasteiger charge is -2.29. The van der Waals surface area contributed by atoms with Crippen LogP contribution in [0.4, 0.5) is 5.69 Å². The monoisotopic (exact) mass is 549 g/mol. The Morgan fingerprint density at radius 3 is 2.56 bits per heavy atom. The number of benzene rings is 2. The van der Waals surface area contributed by atoms with Gasteiger partial charge in [-0.1, -0.05) is 17.7 Å². The molecule has 3 heterocycles. The predicted molar refractivity (Wildman–Crippen MR) is 150 cm³/mol. The number of carbonyl (C=O) groups is 2. The zero-order valence-corrected chi connectivity index (χ0v) is 22.6. The SMILES string of the molecule is CC1Cc2ccc(Cl)cc2-c2cc(=O)n(C(C[C@@H]3CCCCO3)C(=O)Nc3ccc(C(N)=O)cc3)cc2CO1. The first-order valence-corrected chi connectivity index (χ1v) is 13.6. The van der Waals surface area contributed by atoms with Gasteiger partial charge in [0.25, 0.3) is 5.56 Å². The molecule has 0 spiro atoms. The van der Waals surface area contributed by atoms with Crippen molar-refractivity contribution in [1.29, 1.82) is 0 Å². The first-order valence-electron chi connectivity index (χ1n) is 13.3. The van der Waals surface area contributed by atoms with E-state index in [1.54, 1.807) is 36.5 Å². The molecule has 2 aliphatic rings. The minimum absolute atomic E-state index is 0.0310. The van der Waals surface area contributed by atoms with E-state index in [2.05, 4.69) is 5.32 Å². The summed E-state index contributed by atoms with van der Waals surface area (Å²) in [6.45, 7) is 2.95. The number of nitrogens with two attached hydrogens (primary N) is 1. The fourth-order valence-corrected chi connectivity index (χ4v) is 5.48. The number of carbonyl (C=O) groups excluding carboxylic acids is 2. The van der Waals surface area contributed by atoms with Crippen LogP contribution in [-0.2, 0) is 27.3 Å². The lowest BCUT2D eigenvalue weighted by Crippen LogP contribution is -2.37. The Bertz CT molecular complexity index is 1430. The molecule has 1 fully saturated rings. The highest BCUT2D eigenvalue weighted by atomic mass is 35.5. The summed E-state index contributed by atoms with van der Waals surface area (Å²) >= 11 is 6.34. The van der Waals surface area contributed by atoms with Crippen LogP contribution < -0.4 is 16.6 Å². The maximum absolute atomic E-state index is 13.7. The molecular formula is C30H32ClN3O5. The van der Waals surface area contributed by atoms with Crippen LogP contribution in [0.5, 0.6) is 0 Å². The molecule has 0 radical (unpaired) electrons. The van der Waals surface area contributed by atoms with Crippen molar-refractivity contribution < 1.29 is 19.1 Å². The number of primary amides is 1. The minimum atomic E-state index is -0.816. The number of nitrogens with one attached hydrogen (secondary N) is 1. The second kappa shape index (κ2) is 11.7. The Labute approximate surface area is 232 Å². The average molecular weight is 550 g/mol. The van der Waals surface area contributed by atoms with E-state index in [0.717, 1.165) is 41.5 Å². The highest BCUT2D eigenvalue weighted by Gasteiger charge is 2.29. The van der Waals surface area contributed by atoms with Gasteiger partial charge in [-0.2, -0.15) is 0 Å². The maximum Gasteiger partial charge on any atom is 0.251 e. The summed E-state index contributed by atoms with van der Waals surface area (Å²) in [5.41, 5.74) is 9.40. The van der Waals surface area contributed by atoms with Crippen molar-refractivity contribution in [3.63, 3.8) is 0 Å². The van der Waals surface area contributed by atoms with Crippen LogP contribution in [0.25, 0.3) is 11.1 Å². The van der Waals surface area contributed by atoms with Gasteiger partial charge in [-0.05, 0) is 85.7 Å². The normalized spacial score (nSPS) is 19.6. The Balaban J connectivity index is 1.53. The van der Waals surface area contributed by atoms with Gasteiger partial charge in [0, 0.05) is 47.1 Å². The molecule has 3 aromatic rings. The Kier molecular flexibility index (Phi) is 8.16. The summed E-state index contributed by atoms with van der Waals surface area (Å²) < 4.78 is 13.5. The summed E-state index contributed by atoms with van der Waals surface area (Å²) in [6, 6.07) is 12.8. The third kappa shape index (κ3) is 6.24. The maximum atomic E-state index is 13.7. The second-order valence-electron chi connectivity index (χ2n) is 10.3. The van der Waals surface area contributed by atoms with Gasteiger partial charge in [0.15, 0.2) is 0 Å². The van der Waals surface area contributed by atoms with E-state index < -0.39 is 11.9 Å². The molecule has 3 N–H and O–H groups in total. The number of amides is 2. The van der Waals surface area contributed by atoms with Crippen molar-refractivity contribution in [1.82, 2.24) is 4.57 Å². The molecular weight excluding hydrogens is 518 g/mol. The second-order valence-corrected chi connectivity index (χ2v) is 10.7. The third-order valence-electron chi connectivity index (χ3n) is 7.39. The quantitative estimate of drug-likeness (QED) is 0.455. The van der Waals surface area contributed by atoms with Crippen LogP contribution in [0, 0.1) is 0 Å². The van der Waals surface area contributed by atoms with Gasteiger partial charge in [-0.15, -0.1) is 0 Å². The summed E-state index contributed by atoms with van der Waals surface area (Å²) in [6.07, 6.45) is 5.43. The number of halogens is 1. The Morgan fingerprint density at radius 2 is 1.85 bits per heavy atom. The van der Waals surface area contributed by atoms with Crippen molar-refractivity contribution in [2.75, 3.05) is 11.9 Å². The number of anilines is 1. The summed E-state index contributed by atoms with van der Waals surface area (Å²) in [5, 5.41) is 3.49. The molecule has 39 heavy (non-hydrogen) atoms. The third-order valence-corrected chi connectivity index (χ3v) is 7.63. The first kappa shape index (κ1) is 27.1. The number of nitrogens with zero attached hydrogens (tertiary/aromatic N) is 1. The predicted octanol–water partition coefficient (Wildman–Crippen LogP) is 4.87. The molecule has 2 aliphatic heterocycles. The number of pyridine rings is 1. The van der Waals surface area contributed by atoms with E-state index in [1.165, 1.54) is 4.57 Å². The smallest absolute Gasteiger partial charge is 0.251 e. The van der Waals surface area contributed by atoms with E-state index in [0.29, 0.717) is 42.3 Å². The van der Waals surface area contributed by atoms with E-state index >= 15 is 0 Å². The van der Waals surface area contributed by atoms with Crippen molar-refractivity contribution in [3.05, 3.63) is 86.8 Å². The van der Waals surface area contributed by atoms with Gasteiger partial charge in [-0.25, -0.2) is 0 Å². The molecule has 9 heteroatoms. The number of aromatic nitrogens is 1. The van der Waals surface area contributed by atoms with Crippen LogP contribution >= 0.6 is 11.6 Å². The fraction of sp³-hybridized carbons (Fsp3) is 0.367. The molecule has 2 unspecified atom stereocenters. The number of hydrogen-bond acceptors (Lipinski definition) is 5. The first-order chi connectivity index (χ1) is 18.8. The van der Waals surface area contributed by atoms with Gasteiger partial charge in [0.05, 0.1) is 18.8 Å². The highest BCUT2D eigenvalue weighted by molar-refractivity contribution is 6.30. The van der Waals surface area contributed by atoms with Crippen LogP contribution in [0.3, 0.4) is 0 Å². The van der Waals surface area contributed by atoms with Crippen LogP contribution in [-0.4, -0.2) is 35.2 Å². The molecule has 204 valence electrons. The largest absolute Gasteiger partial charge is 0.378 e. The van der Waals surface area contributed by atoms with Crippen LogP contribution in [0.2, 0.25) is 5.02 Å². The summed E-state index contributed by atoms with van der Waals surface area (Å²) in [7, 11) is 0. The number of fused-ring (bicyclic) bond motifs is 3.